The van der Waals surface area contributed by atoms with Gasteiger partial charge in [-0.1, -0.05) is 48.0 Å². The molecule has 2 fully saturated rings. The van der Waals surface area contributed by atoms with E-state index in [1.165, 1.54) is 11.3 Å². The molecular formula is C33H38ClN5O2. The average Bonchev–Trinajstić information content (AvgIpc) is 3.50. The number of anilines is 3. The quantitative estimate of drug-likeness (QED) is 0.241. The number of aromatic nitrogens is 1. The van der Waals surface area contributed by atoms with Gasteiger partial charge in [-0.05, 0) is 74.5 Å². The second kappa shape index (κ2) is 12.2. The summed E-state index contributed by atoms with van der Waals surface area (Å²) in [7, 11) is 0. The number of hydrogen-bond acceptors (Lipinski definition) is 6. The summed E-state index contributed by atoms with van der Waals surface area (Å²) < 4.78 is 0. The summed E-state index contributed by atoms with van der Waals surface area (Å²) in [6, 6.07) is 19.8. The number of hydrogen-bond donors (Lipinski definition) is 0. The molecule has 0 saturated carbocycles. The van der Waals surface area contributed by atoms with Crippen molar-refractivity contribution in [3.63, 3.8) is 0 Å². The molecule has 41 heavy (non-hydrogen) atoms. The van der Waals surface area contributed by atoms with Crippen LogP contribution in [0.15, 0.2) is 60.7 Å². The van der Waals surface area contributed by atoms with Crippen molar-refractivity contribution < 1.29 is 9.59 Å². The van der Waals surface area contributed by atoms with Gasteiger partial charge in [0.25, 0.3) is 5.91 Å². The number of aryl methyl sites for hydroxylation is 1. The molecule has 0 aliphatic carbocycles. The van der Waals surface area contributed by atoms with Crippen LogP contribution in [0.2, 0.25) is 5.02 Å². The molecule has 1 atom stereocenters. The van der Waals surface area contributed by atoms with E-state index >= 15 is 0 Å². The average molecular weight is 572 g/mol. The fourth-order valence-electron chi connectivity index (χ4n) is 6.42. The van der Waals surface area contributed by atoms with Gasteiger partial charge >= 0.3 is 0 Å². The van der Waals surface area contributed by atoms with Gasteiger partial charge in [-0.15, -0.1) is 0 Å². The monoisotopic (exact) mass is 571 g/mol. The van der Waals surface area contributed by atoms with Crippen molar-refractivity contribution in [1.82, 2.24) is 9.88 Å². The third-order valence-electron chi connectivity index (χ3n) is 8.71. The molecule has 0 spiro atoms. The first-order chi connectivity index (χ1) is 20.0. The Labute approximate surface area is 247 Å². The minimum Gasteiger partial charge on any atom is -0.369 e. The van der Waals surface area contributed by atoms with E-state index in [-0.39, 0.29) is 17.7 Å². The molecule has 8 heteroatoms. The van der Waals surface area contributed by atoms with Crippen molar-refractivity contribution in [2.45, 2.75) is 51.6 Å². The Morgan fingerprint density at radius 3 is 2.56 bits per heavy atom. The van der Waals surface area contributed by atoms with Crippen molar-refractivity contribution in [2.75, 3.05) is 54.0 Å². The van der Waals surface area contributed by atoms with Crippen LogP contribution in [0.4, 0.5) is 17.2 Å². The van der Waals surface area contributed by atoms with Crippen molar-refractivity contribution in [1.29, 1.82) is 0 Å². The van der Waals surface area contributed by atoms with E-state index in [1.54, 1.807) is 4.90 Å². The summed E-state index contributed by atoms with van der Waals surface area (Å²) in [6.07, 6.45) is 4.12. The van der Waals surface area contributed by atoms with Crippen molar-refractivity contribution >= 4 is 40.5 Å². The second-order valence-electron chi connectivity index (χ2n) is 11.4. The lowest BCUT2D eigenvalue weighted by Gasteiger charge is -2.38. The smallest absolute Gasteiger partial charge is 0.251 e. The highest BCUT2D eigenvalue weighted by Crippen LogP contribution is 2.39. The van der Waals surface area contributed by atoms with Gasteiger partial charge in [0, 0.05) is 49.9 Å². The lowest BCUT2D eigenvalue weighted by Crippen LogP contribution is -2.50. The Hall–Kier alpha value is -3.42. The molecule has 7 nitrogen and oxygen atoms in total. The van der Waals surface area contributed by atoms with Crippen molar-refractivity contribution in [3.05, 3.63) is 82.5 Å². The molecule has 0 radical (unpaired) electrons. The van der Waals surface area contributed by atoms with Gasteiger partial charge < -0.3 is 9.80 Å². The Kier molecular flexibility index (Phi) is 8.26. The van der Waals surface area contributed by atoms with Crippen LogP contribution in [0.25, 0.3) is 0 Å². The summed E-state index contributed by atoms with van der Waals surface area (Å²) in [6.45, 7) is 8.42. The summed E-state index contributed by atoms with van der Waals surface area (Å²) in [4.78, 5) is 40.4. The van der Waals surface area contributed by atoms with E-state index in [0.717, 1.165) is 81.2 Å². The number of rotatable bonds is 9. The first-order valence-electron chi connectivity index (χ1n) is 14.9. The minimum absolute atomic E-state index is 0.0460. The van der Waals surface area contributed by atoms with E-state index in [4.69, 9.17) is 16.6 Å². The minimum atomic E-state index is -0.133. The molecule has 1 amide bonds. The molecule has 2 saturated heterocycles. The zero-order valence-electron chi connectivity index (χ0n) is 23.8. The van der Waals surface area contributed by atoms with Gasteiger partial charge in [0.05, 0.1) is 12.2 Å². The van der Waals surface area contributed by atoms with E-state index in [0.29, 0.717) is 24.5 Å². The normalized spacial score (nSPS) is 18.9. The first-order valence-corrected chi connectivity index (χ1v) is 15.3. The maximum atomic E-state index is 13.5. The zero-order valence-corrected chi connectivity index (χ0v) is 24.5. The molecule has 0 bridgehead atoms. The van der Waals surface area contributed by atoms with Gasteiger partial charge in [-0.25, -0.2) is 4.98 Å². The summed E-state index contributed by atoms with van der Waals surface area (Å²) in [5, 5.41) is 0.779. The first kappa shape index (κ1) is 27.7. The van der Waals surface area contributed by atoms with Gasteiger partial charge in [0.15, 0.2) is 11.6 Å². The van der Waals surface area contributed by atoms with Gasteiger partial charge in [0.1, 0.15) is 11.7 Å². The second-order valence-corrected chi connectivity index (χ2v) is 11.9. The summed E-state index contributed by atoms with van der Waals surface area (Å²) >= 11 is 6.23. The number of carbonyl (C=O) groups excluding carboxylic acids is 2. The number of benzene rings is 2. The fraction of sp³-hybridized carbons (Fsp3) is 0.424. The van der Waals surface area contributed by atoms with Crippen LogP contribution >= 0.6 is 11.6 Å². The Balaban J connectivity index is 1.05. The highest BCUT2D eigenvalue weighted by Gasteiger charge is 2.41. The molecule has 4 heterocycles. The maximum absolute atomic E-state index is 13.5. The van der Waals surface area contributed by atoms with Gasteiger partial charge in [-0.2, -0.15) is 0 Å². The molecule has 214 valence electrons. The Morgan fingerprint density at radius 1 is 0.951 bits per heavy atom. The number of halogens is 1. The third kappa shape index (κ3) is 5.97. The number of pyridine rings is 1. The molecule has 1 aromatic heterocycles. The van der Waals surface area contributed by atoms with E-state index < -0.39 is 0 Å². The summed E-state index contributed by atoms with van der Waals surface area (Å²) in [5.74, 6) is 0.752. The SMILES string of the molecule is Cc1ccc(Cl)cc1N1CCN(CCCCC(=O)c2ccc3c(n2)N(Cc2ccccc2)C(=O)C2CCCN32)CC1. The van der Waals surface area contributed by atoms with Crippen LogP contribution < -0.4 is 14.7 Å². The molecule has 2 aromatic carbocycles. The number of Topliss-reactive ketones (excluding diaryl/α,β-unsaturated/α-hetero) is 1. The number of nitrogens with zero attached hydrogens (tertiary/aromatic N) is 5. The molecule has 0 N–H and O–H groups in total. The lowest BCUT2D eigenvalue weighted by atomic mass is 10.1. The molecule has 3 aliphatic rings. The van der Waals surface area contributed by atoms with Gasteiger partial charge in [-0.3, -0.25) is 19.4 Å². The maximum Gasteiger partial charge on any atom is 0.251 e. The zero-order chi connectivity index (χ0) is 28.3. The highest BCUT2D eigenvalue weighted by molar-refractivity contribution is 6.30. The standard InChI is InChI=1S/C33H38ClN5O2/c1-24-12-13-26(34)22-30(24)37-20-18-36(19-21-37)16-6-5-11-31(40)27-14-15-28-32(35-27)39(23-25-8-3-2-4-9-25)33(41)29-10-7-17-38(28)29/h2-4,8-9,12-15,22,29H,5-7,10-11,16-21,23H2,1H3. The number of piperazine rings is 1. The van der Waals surface area contributed by atoms with Crippen molar-refractivity contribution in [2.24, 2.45) is 0 Å². The topological polar surface area (TPSA) is 60.0 Å². The number of fused-ring (bicyclic) bond motifs is 3. The van der Waals surface area contributed by atoms with Crippen molar-refractivity contribution in [3.8, 4) is 0 Å². The molecule has 3 aliphatic heterocycles. The molecule has 3 aromatic rings. The number of amides is 1. The fourth-order valence-corrected chi connectivity index (χ4v) is 6.58. The van der Waals surface area contributed by atoms with E-state index in [1.807, 2.05) is 48.5 Å². The molecule has 6 rings (SSSR count). The number of unbranched alkanes of at least 4 members (excludes halogenated alkanes) is 1. The van der Waals surface area contributed by atoms with Crippen LogP contribution in [0.3, 0.4) is 0 Å². The van der Waals surface area contributed by atoms with Crippen LogP contribution in [0.1, 0.15) is 53.7 Å². The van der Waals surface area contributed by atoms with Crippen LogP contribution in [-0.4, -0.2) is 66.9 Å². The van der Waals surface area contributed by atoms with Gasteiger partial charge in [0.2, 0.25) is 0 Å². The van der Waals surface area contributed by atoms with E-state index in [9.17, 15) is 9.59 Å². The lowest BCUT2D eigenvalue weighted by molar-refractivity contribution is -0.120. The Morgan fingerprint density at radius 2 is 1.76 bits per heavy atom. The number of carbonyl (C=O) groups is 2. The predicted octanol–water partition coefficient (Wildman–Crippen LogP) is 5.73. The number of ketones is 1. The highest BCUT2D eigenvalue weighted by atomic mass is 35.5. The Bertz CT molecular complexity index is 1410. The molecular weight excluding hydrogens is 534 g/mol. The van der Waals surface area contributed by atoms with Crippen LogP contribution in [0, 0.1) is 6.92 Å². The predicted molar refractivity (Wildman–Crippen MR) is 165 cm³/mol. The largest absolute Gasteiger partial charge is 0.369 e. The van der Waals surface area contributed by atoms with Crippen LogP contribution in [0.5, 0.6) is 0 Å². The summed E-state index contributed by atoms with van der Waals surface area (Å²) in [5.41, 5.74) is 4.96. The third-order valence-corrected chi connectivity index (χ3v) is 8.94. The van der Waals surface area contributed by atoms with Crippen LogP contribution in [-0.2, 0) is 11.3 Å². The van der Waals surface area contributed by atoms with E-state index in [2.05, 4.69) is 33.8 Å². The molecule has 1 unspecified atom stereocenters.